The summed E-state index contributed by atoms with van der Waals surface area (Å²) >= 11 is 0. The second kappa shape index (κ2) is 5.99. The maximum atomic E-state index is 2.43. The predicted molar refractivity (Wildman–Crippen MR) is 70.3 cm³/mol. The first-order valence-corrected chi connectivity index (χ1v) is 4.74. The molecule has 0 atom stereocenters. The number of hydrogen-bond donors (Lipinski definition) is 0. The molecule has 0 aliphatic heterocycles. The minimum Gasteiger partial charge on any atom is -0.324 e. The highest BCUT2D eigenvalue weighted by Gasteiger charge is 2.09. The lowest BCUT2D eigenvalue weighted by atomic mass is 9.05. The topological polar surface area (TPSA) is 3.24 Å². The third-order valence-electron chi connectivity index (χ3n) is 2.00. The van der Waals surface area contributed by atoms with Crippen LogP contribution in [0.5, 0.6) is 0 Å². The first-order valence-electron chi connectivity index (χ1n) is 4.74. The Hall–Kier alpha value is 0.415. The number of hydrogen-bond acceptors (Lipinski definition) is 1. The molecule has 0 spiro atoms. The van der Waals surface area contributed by atoms with Gasteiger partial charge in [0, 0.05) is 7.06 Å². The standard InChI is InChI=1S/C3H16B7N/c1-11(2-9(5)6)3-10(7)8-4/h8H,2-7H2,1H3. The van der Waals surface area contributed by atoms with E-state index in [0.29, 0.717) is 0 Å². The minimum absolute atomic E-state index is 0.795. The van der Waals surface area contributed by atoms with Gasteiger partial charge in [0.1, 0.15) is 0 Å². The first-order chi connectivity index (χ1) is 5.06. The van der Waals surface area contributed by atoms with Gasteiger partial charge in [0.2, 0.25) is 0 Å². The molecule has 0 aromatic rings. The van der Waals surface area contributed by atoms with Gasteiger partial charge >= 0.3 is 0 Å². The Labute approximate surface area is 76.4 Å². The van der Waals surface area contributed by atoms with Crippen molar-refractivity contribution < 1.29 is 0 Å². The van der Waals surface area contributed by atoms with Crippen molar-refractivity contribution in [1.29, 1.82) is 0 Å². The smallest absolute Gasteiger partial charge is 0.0824 e. The predicted octanol–water partition coefficient (Wildman–Crippen LogP) is -5.14. The molecule has 1 nitrogen and oxygen atoms in total. The largest absolute Gasteiger partial charge is 0.324 e. The third kappa shape index (κ3) is 6.80. The van der Waals surface area contributed by atoms with E-state index in [1.165, 1.54) is 19.9 Å². The van der Waals surface area contributed by atoms with Gasteiger partial charge in [0.25, 0.3) is 0 Å². The van der Waals surface area contributed by atoms with E-state index in [0.717, 1.165) is 13.0 Å². The van der Waals surface area contributed by atoms with Crippen molar-refractivity contribution in [3.8, 4) is 0 Å². The summed E-state index contributed by atoms with van der Waals surface area (Å²) in [5.41, 5.74) is 0. The molecule has 0 aliphatic rings. The molecule has 0 amide bonds. The summed E-state index contributed by atoms with van der Waals surface area (Å²) in [6.07, 6.45) is 2.47. The molecule has 11 heavy (non-hydrogen) atoms. The van der Waals surface area contributed by atoms with Gasteiger partial charge in [-0.3, -0.25) is 0 Å². The van der Waals surface area contributed by atoms with Crippen LogP contribution in [0.15, 0.2) is 0 Å². The monoisotopic (exact) mass is 143 g/mol. The molecular formula is C3H16B7N. The Kier molecular flexibility index (Phi) is 6.22. The molecular weight excluding hydrogens is 126 g/mol. The van der Waals surface area contributed by atoms with Crippen molar-refractivity contribution in [3.05, 3.63) is 0 Å². The lowest BCUT2D eigenvalue weighted by Crippen LogP contribution is -2.43. The molecule has 54 valence electrons. The molecule has 0 heterocycles. The van der Waals surface area contributed by atoms with Crippen molar-refractivity contribution in [2.75, 3.05) is 19.9 Å². The summed E-state index contributed by atoms with van der Waals surface area (Å²) in [5.74, 6) is 0. The van der Waals surface area contributed by atoms with E-state index >= 15 is 0 Å². The highest BCUT2D eigenvalue weighted by Crippen LogP contribution is 1.83. The zero-order valence-electron chi connectivity index (χ0n) is 8.72. The Balaban J connectivity index is 3.43. The fourth-order valence-corrected chi connectivity index (χ4v) is 1.36. The van der Waals surface area contributed by atoms with Crippen LogP contribution in [0.4, 0.5) is 0 Å². The quantitative estimate of drug-likeness (QED) is 0.347. The summed E-state index contributed by atoms with van der Waals surface area (Å²) in [4.78, 5) is 2.43. The van der Waals surface area contributed by atoms with Crippen LogP contribution in [0.25, 0.3) is 0 Å². The van der Waals surface area contributed by atoms with Gasteiger partial charge in [-0.05, 0) is 19.9 Å². The molecule has 0 bridgehead atoms. The van der Waals surface area contributed by atoms with Crippen LogP contribution in [0, 0.1) is 0 Å². The van der Waals surface area contributed by atoms with Crippen LogP contribution in [0.1, 0.15) is 0 Å². The lowest BCUT2D eigenvalue weighted by molar-refractivity contribution is 0.452. The Morgan fingerprint density at radius 2 is 1.82 bits per heavy atom. The molecule has 0 aliphatic carbocycles. The van der Waals surface area contributed by atoms with Crippen molar-refractivity contribution in [3.63, 3.8) is 0 Å². The molecule has 0 saturated carbocycles. The van der Waals surface area contributed by atoms with Crippen molar-refractivity contribution in [2.24, 2.45) is 0 Å². The zero-order valence-corrected chi connectivity index (χ0v) is 8.72. The van der Waals surface area contributed by atoms with E-state index < -0.39 is 0 Å². The SMILES string of the molecule is BBB(B)CN(C)CB(B)B. The average molecular weight is 142 g/mol. The molecule has 0 fully saturated rings. The molecule has 0 rings (SSSR count). The van der Waals surface area contributed by atoms with Gasteiger partial charge in [0.05, 0.1) is 43.9 Å². The van der Waals surface area contributed by atoms with Gasteiger partial charge in [-0.2, -0.15) is 0 Å². The van der Waals surface area contributed by atoms with Gasteiger partial charge < -0.3 is 4.90 Å². The summed E-state index contributed by atoms with van der Waals surface area (Å²) in [6.45, 7) is 1.64. The van der Waals surface area contributed by atoms with Gasteiger partial charge in [-0.1, -0.05) is 0 Å². The van der Waals surface area contributed by atoms with E-state index in [1.807, 2.05) is 0 Å². The Morgan fingerprint density at radius 1 is 1.27 bits per heavy atom. The fraction of sp³-hybridized carbons (Fsp3) is 1.00. The minimum atomic E-state index is 0.795. The average Bonchev–Trinajstić information content (AvgIpc) is 1.85. The van der Waals surface area contributed by atoms with Crippen LogP contribution >= 0.6 is 0 Å². The van der Waals surface area contributed by atoms with Crippen LogP contribution in [-0.4, -0.2) is 75.8 Å². The van der Waals surface area contributed by atoms with Crippen molar-refractivity contribution in [1.82, 2.24) is 4.90 Å². The third-order valence-corrected chi connectivity index (χ3v) is 2.00. The summed E-state index contributed by atoms with van der Waals surface area (Å²) < 4.78 is 0. The van der Waals surface area contributed by atoms with Crippen LogP contribution in [-0.2, 0) is 0 Å². The van der Waals surface area contributed by atoms with Crippen molar-refractivity contribution in [2.45, 2.75) is 0 Å². The van der Waals surface area contributed by atoms with Crippen molar-refractivity contribution >= 4 is 51.0 Å². The number of nitrogens with zero attached hydrogens (tertiary/aromatic N) is 1. The molecule has 8 heteroatoms. The first kappa shape index (κ1) is 11.4. The lowest BCUT2D eigenvalue weighted by Gasteiger charge is -2.20. The molecule has 0 aromatic carbocycles. The zero-order chi connectivity index (χ0) is 8.85. The highest BCUT2D eigenvalue weighted by atomic mass is 15.1. The number of rotatable bonds is 5. The molecule has 0 saturated heterocycles. The maximum Gasteiger partial charge on any atom is 0.0824 e. The molecule has 0 N–H and O–H groups in total. The van der Waals surface area contributed by atoms with E-state index in [-0.39, 0.29) is 0 Å². The fourth-order valence-electron chi connectivity index (χ4n) is 1.36. The van der Waals surface area contributed by atoms with Gasteiger partial charge in [-0.25, -0.2) is 0 Å². The van der Waals surface area contributed by atoms with Crippen LogP contribution in [0.3, 0.4) is 0 Å². The van der Waals surface area contributed by atoms with E-state index in [2.05, 4.69) is 42.9 Å². The maximum absolute atomic E-state index is 2.43. The summed E-state index contributed by atoms with van der Waals surface area (Å²) in [7, 11) is 12.6. The Morgan fingerprint density at radius 3 is 2.18 bits per heavy atom. The van der Waals surface area contributed by atoms with Gasteiger partial charge in [0.15, 0.2) is 0 Å². The second-order valence-corrected chi connectivity index (χ2v) is 4.13. The van der Waals surface area contributed by atoms with E-state index in [9.17, 15) is 0 Å². The van der Waals surface area contributed by atoms with Crippen LogP contribution < -0.4 is 0 Å². The van der Waals surface area contributed by atoms with Crippen LogP contribution in [0.2, 0.25) is 0 Å². The second-order valence-electron chi connectivity index (χ2n) is 4.13. The van der Waals surface area contributed by atoms with E-state index in [1.54, 1.807) is 0 Å². The van der Waals surface area contributed by atoms with Gasteiger partial charge in [-0.15, -0.1) is 0 Å². The normalized spacial score (nSPS) is 9.64. The molecule has 0 unspecified atom stereocenters. The summed E-state index contributed by atoms with van der Waals surface area (Å²) in [5, 5.41) is 0. The molecule has 0 aromatic heterocycles. The molecule has 0 radical (unpaired) electrons. The summed E-state index contributed by atoms with van der Waals surface area (Å²) in [6, 6.07) is 0. The highest BCUT2D eigenvalue weighted by molar-refractivity contribution is 7.46. The van der Waals surface area contributed by atoms with E-state index in [4.69, 9.17) is 0 Å². The Bertz CT molecular complexity index is 97.7.